The fourth-order valence-corrected chi connectivity index (χ4v) is 4.41. The second kappa shape index (κ2) is 7.86. The zero-order valence-electron chi connectivity index (χ0n) is 16.7. The largest absolute Gasteiger partial charge is 0.497 e. The third-order valence-electron chi connectivity index (χ3n) is 4.96. The minimum atomic E-state index is -3.66. The zero-order chi connectivity index (χ0) is 21.3. The minimum absolute atomic E-state index is 0.242. The van der Waals surface area contributed by atoms with Crippen LogP contribution in [0, 0.1) is 11.8 Å². The molecule has 0 spiro atoms. The van der Waals surface area contributed by atoms with Gasteiger partial charge in [-0.1, -0.05) is 42.3 Å². The summed E-state index contributed by atoms with van der Waals surface area (Å²) in [5.41, 5.74) is 5.10. The predicted molar refractivity (Wildman–Crippen MR) is 117 cm³/mol. The van der Waals surface area contributed by atoms with Crippen LogP contribution >= 0.6 is 0 Å². The Morgan fingerprint density at radius 3 is 2.63 bits per heavy atom. The molecule has 6 heteroatoms. The Hall–Kier alpha value is -3.27. The van der Waals surface area contributed by atoms with Crippen LogP contribution in [0.1, 0.15) is 35.3 Å². The first-order valence-corrected chi connectivity index (χ1v) is 11.1. The maximum atomic E-state index is 11.7. The Labute approximate surface area is 176 Å². The molecule has 3 aromatic rings. The van der Waals surface area contributed by atoms with E-state index in [2.05, 4.69) is 11.8 Å². The van der Waals surface area contributed by atoms with Crippen molar-refractivity contribution in [2.24, 2.45) is 5.14 Å². The smallest absolute Gasteiger partial charge is 0.213 e. The normalized spacial score (nSPS) is 14.6. The Balaban J connectivity index is 1.94. The summed E-state index contributed by atoms with van der Waals surface area (Å²) in [5.74, 6) is 7.29. The van der Waals surface area contributed by atoms with Crippen LogP contribution < -0.4 is 14.6 Å². The predicted octanol–water partition coefficient (Wildman–Crippen LogP) is 4.00. The molecule has 0 radical (unpaired) electrons. The van der Waals surface area contributed by atoms with Gasteiger partial charge in [-0.3, -0.25) is 0 Å². The van der Waals surface area contributed by atoms with Crippen LogP contribution in [0.15, 0.2) is 60.7 Å². The van der Waals surface area contributed by atoms with Crippen LogP contribution in [0.3, 0.4) is 0 Å². The molecule has 0 amide bonds. The molecule has 1 unspecified atom stereocenters. The van der Waals surface area contributed by atoms with Crippen molar-refractivity contribution in [1.82, 2.24) is 0 Å². The van der Waals surface area contributed by atoms with Crippen LogP contribution in [0.5, 0.6) is 11.5 Å². The molecule has 1 atom stereocenters. The molecule has 30 heavy (non-hydrogen) atoms. The van der Waals surface area contributed by atoms with E-state index in [1.54, 1.807) is 20.1 Å². The first-order valence-electron chi connectivity index (χ1n) is 9.39. The fraction of sp³-hybridized carbons (Fsp3) is 0.167. The molecular formula is C24H21NO4S. The number of hydrogen-bond acceptors (Lipinski definition) is 4. The fourth-order valence-electron chi connectivity index (χ4n) is 3.77. The third-order valence-corrected chi connectivity index (χ3v) is 5.70. The summed E-state index contributed by atoms with van der Waals surface area (Å²) in [7, 11) is -2.04. The maximum Gasteiger partial charge on any atom is 0.213 e. The molecule has 1 aliphatic heterocycles. The molecule has 2 N–H and O–H groups in total. The molecule has 1 heterocycles. The van der Waals surface area contributed by atoms with Crippen LogP contribution in [-0.4, -0.2) is 15.5 Å². The van der Waals surface area contributed by atoms with E-state index in [4.69, 9.17) is 14.6 Å². The van der Waals surface area contributed by atoms with Gasteiger partial charge in [0, 0.05) is 22.3 Å². The Morgan fingerprint density at radius 2 is 1.90 bits per heavy atom. The number of methoxy groups -OCH3 is 1. The van der Waals surface area contributed by atoms with E-state index in [1.165, 1.54) is 0 Å². The highest BCUT2D eigenvalue weighted by Crippen LogP contribution is 2.46. The highest BCUT2D eigenvalue weighted by molar-refractivity contribution is 7.88. The topological polar surface area (TPSA) is 78.6 Å². The standard InChI is InChI=1S/C24H21NO4S/c1-3-6-17-7-5-10-22-23(17)20-12-11-16(15-30(25,26)27)13-21(20)24(29-22)18-8-4-9-19(14-18)28-2/h4-5,7-14,24H,15H2,1-2H3,(H2,25,26,27). The van der Waals surface area contributed by atoms with E-state index in [9.17, 15) is 8.42 Å². The molecule has 0 aromatic heterocycles. The lowest BCUT2D eigenvalue weighted by Crippen LogP contribution is -2.18. The molecule has 0 bridgehead atoms. The monoisotopic (exact) mass is 419 g/mol. The summed E-state index contributed by atoms with van der Waals surface area (Å²) in [6.07, 6.45) is -0.423. The van der Waals surface area contributed by atoms with Crippen LogP contribution in [0.2, 0.25) is 0 Å². The number of rotatable bonds is 4. The SMILES string of the molecule is CC#Cc1cccc2c1-c1ccc(CS(N)(=O)=O)cc1C(c1cccc(OC)c1)O2. The molecule has 1 aliphatic rings. The van der Waals surface area contributed by atoms with Crippen molar-refractivity contribution < 1.29 is 17.9 Å². The molecule has 152 valence electrons. The lowest BCUT2D eigenvalue weighted by molar-refractivity contribution is 0.243. The minimum Gasteiger partial charge on any atom is -0.497 e. The highest BCUT2D eigenvalue weighted by Gasteiger charge is 2.29. The number of fused-ring (bicyclic) bond motifs is 3. The third kappa shape index (κ3) is 3.90. The van der Waals surface area contributed by atoms with Crippen LogP contribution in [0.25, 0.3) is 11.1 Å². The van der Waals surface area contributed by atoms with Gasteiger partial charge in [0.05, 0.1) is 12.9 Å². The molecular weight excluding hydrogens is 398 g/mol. The van der Waals surface area contributed by atoms with E-state index in [1.807, 2.05) is 54.6 Å². The quantitative estimate of drug-likeness (QED) is 0.648. The van der Waals surface area contributed by atoms with Gasteiger partial charge < -0.3 is 9.47 Å². The van der Waals surface area contributed by atoms with Crippen molar-refractivity contribution in [3.63, 3.8) is 0 Å². The van der Waals surface area contributed by atoms with E-state index in [0.717, 1.165) is 39.3 Å². The lowest BCUT2D eigenvalue weighted by atomic mass is 9.86. The van der Waals surface area contributed by atoms with Gasteiger partial charge in [0.25, 0.3) is 0 Å². The van der Waals surface area contributed by atoms with E-state index in [0.29, 0.717) is 5.56 Å². The van der Waals surface area contributed by atoms with Gasteiger partial charge in [0.15, 0.2) is 0 Å². The average Bonchev–Trinajstić information content (AvgIpc) is 2.72. The zero-order valence-corrected chi connectivity index (χ0v) is 17.5. The van der Waals surface area contributed by atoms with Crippen molar-refractivity contribution >= 4 is 10.0 Å². The molecule has 0 saturated carbocycles. The van der Waals surface area contributed by atoms with Crippen molar-refractivity contribution in [1.29, 1.82) is 0 Å². The molecule has 5 nitrogen and oxygen atoms in total. The molecule has 0 fully saturated rings. The number of hydrogen-bond donors (Lipinski definition) is 1. The van der Waals surface area contributed by atoms with Gasteiger partial charge in [-0.05, 0) is 42.3 Å². The summed E-state index contributed by atoms with van der Waals surface area (Å²) < 4.78 is 35.1. The second-order valence-corrected chi connectivity index (χ2v) is 8.67. The average molecular weight is 420 g/mol. The molecule has 4 rings (SSSR count). The summed E-state index contributed by atoms with van der Waals surface area (Å²) in [4.78, 5) is 0. The van der Waals surface area contributed by atoms with Crippen molar-refractivity contribution in [3.05, 3.63) is 82.9 Å². The lowest BCUT2D eigenvalue weighted by Gasteiger charge is -2.30. The highest BCUT2D eigenvalue weighted by atomic mass is 32.2. The molecule has 0 saturated heterocycles. The number of nitrogens with two attached hydrogens (primary N) is 1. The number of sulfonamides is 1. The maximum absolute atomic E-state index is 11.7. The second-order valence-electron chi connectivity index (χ2n) is 7.06. The Kier molecular flexibility index (Phi) is 5.25. The molecule has 0 aliphatic carbocycles. The van der Waals surface area contributed by atoms with E-state index < -0.39 is 16.1 Å². The van der Waals surface area contributed by atoms with Gasteiger partial charge in [0.1, 0.15) is 17.6 Å². The Bertz CT molecular complexity index is 1290. The van der Waals surface area contributed by atoms with Crippen molar-refractivity contribution in [2.45, 2.75) is 18.8 Å². The van der Waals surface area contributed by atoms with Gasteiger partial charge in [0.2, 0.25) is 10.0 Å². The van der Waals surface area contributed by atoms with Crippen LogP contribution in [0.4, 0.5) is 0 Å². The van der Waals surface area contributed by atoms with Crippen molar-refractivity contribution in [3.8, 4) is 34.5 Å². The van der Waals surface area contributed by atoms with E-state index >= 15 is 0 Å². The number of ether oxygens (including phenoxy) is 2. The summed E-state index contributed by atoms with van der Waals surface area (Å²) >= 11 is 0. The Morgan fingerprint density at radius 1 is 1.10 bits per heavy atom. The van der Waals surface area contributed by atoms with Crippen molar-refractivity contribution in [2.75, 3.05) is 7.11 Å². The number of benzene rings is 3. The summed E-state index contributed by atoms with van der Waals surface area (Å²) in [6, 6.07) is 19.0. The summed E-state index contributed by atoms with van der Waals surface area (Å²) in [5, 5.41) is 5.27. The van der Waals surface area contributed by atoms with Crippen LogP contribution in [-0.2, 0) is 15.8 Å². The van der Waals surface area contributed by atoms with Gasteiger partial charge in [-0.15, -0.1) is 5.92 Å². The van der Waals surface area contributed by atoms with Gasteiger partial charge >= 0.3 is 0 Å². The summed E-state index contributed by atoms with van der Waals surface area (Å²) in [6.45, 7) is 1.79. The van der Waals surface area contributed by atoms with E-state index in [-0.39, 0.29) is 5.75 Å². The first kappa shape index (κ1) is 20.0. The molecule has 3 aromatic carbocycles. The van der Waals surface area contributed by atoms with Gasteiger partial charge in [-0.25, -0.2) is 13.6 Å². The first-order chi connectivity index (χ1) is 14.4. The number of primary sulfonamides is 1. The van der Waals surface area contributed by atoms with Gasteiger partial charge in [-0.2, -0.15) is 0 Å².